The van der Waals surface area contributed by atoms with Crippen LogP contribution < -0.4 is 22.1 Å². The van der Waals surface area contributed by atoms with Gasteiger partial charge in [0.25, 0.3) is 0 Å². The van der Waals surface area contributed by atoms with E-state index >= 15 is 0 Å². The van der Waals surface area contributed by atoms with Crippen molar-refractivity contribution in [3.05, 3.63) is 36.0 Å². The van der Waals surface area contributed by atoms with Gasteiger partial charge in [0.15, 0.2) is 0 Å². The van der Waals surface area contributed by atoms with Crippen LogP contribution in [-0.4, -0.2) is 86.4 Å². The number of aromatic nitrogens is 1. The smallest absolute Gasteiger partial charge is 0.326 e. The number of benzene rings is 1. The van der Waals surface area contributed by atoms with Crippen LogP contribution in [0, 0.1) is 0 Å². The average molecular weight is 559 g/mol. The third-order valence-electron chi connectivity index (χ3n) is 6.85. The number of nitrogens with zero attached hydrogens (tertiary/aromatic N) is 1. The van der Waals surface area contributed by atoms with Crippen LogP contribution in [0.2, 0.25) is 0 Å². The van der Waals surface area contributed by atoms with Gasteiger partial charge in [0, 0.05) is 36.5 Å². The quantitative estimate of drug-likeness (QED) is 0.154. The molecule has 40 heavy (non-hydrogen) atoms. The molecule has 0 saturated carbocycles. The minimum Gasteiger partial charge on any atom is -0.481 e. The topological polar surface area (TPSA) is 238 Å². The van der Waals surface area contributed by atoms with Gasteiger partial charge >= 0.3 is 11.9 Å². The number of para-hydroxylation sites is 1. The first-order valence-corrected chi connectivity index (χ1v) is 12.9. The lowest BCUT2D eigenvalue weighted by Gasteiger charge is -2.29. The molecule has 216 valence electrons. The number of carbonyl (C=O) groups excluding carboxylic acids is 4. The van der Waals surface area contributed by atoms with Gasteiger partial charge in [0.05, 0.1) is 6.04 Å². The molecule has 1 aromatic heterocycles. The van der Waals surface area contributed by atoms with Crippen LogP contribution in [0.5, 0.6) is 0 Å². The lowest BCUT2D eigenvalue weighted by Crippen LogP contribution is -2.57. The molecule has 1 fully saturated rings. The van der Waals surface area contributed by atoms with Crippen LogP contribution in [0.25, 0.3) is 10.9 Å². The molecular formula is C26H34N6O8. The number of hydrogen-bond acceptors (Lipinski definition) is 7. The van der Waals surface area contributed by atoms with E-state index < -0.39 is 66.2 Å². The van der Waals surface area contributed by atoms with Gasteiger partial charge in [-0.05, 0) is 43.7 Å². The molecule has 4 amide bonds. The van der Waals surface area contributed by atoms with Crippen LogP contribution >= 0.6 is 0 Å². The van der Waals surface area contributed by atoms with Gasteiger partial charge in [-0.1, -0.05) is 18.2 Å². The zero-order valence-corrected chi connectivity index (χ0v) is 21.8. The zero-order chi connectivity index (χ0) is 29.4. The molecule has 0 bridgehead atoms. The highest BCUT2D eigenvalue weighted by atomic mass is 16.4. The summed E-state index contributed by atoms with van der Waals surface area (Å²) in [5.74, 6) is -5.33. The molecule has 14 heteroatoms. The Morgan fingerprint density at radius 3 is 2.40 bits per heavy atom. The molecule has 4 unspecified atom stereocenters. The van der Waals surface area contributed by atoms with Gasteiger partial charge in [-0.2, -0.15) is 0 Å². The van der Waals surface area contributed by atoms with E-state index in [1.807, 2.05) is 24.3 Å². The lowest BCUT2D eigenvalue weighted by atomic mass is 10.0. The van der Waals surface area contributed by atoms with Gasteiger partial charge in [-0.25, -0.2) is 4.79 Å². The van der Waals surface area contributed by atoms with Gasteiger partial charge in [-0.3, -0.25) is 24.0 Å². The zero-order valence-electron chi connectivity index (χ0n) is 21.8. The normalized spacial score (nSPS) is 17.1. The minimum absolute atomic E-state index is 0.150. The standard InChI is InChI=1S/C26H34N6O8/c27-16(12-14-13-29-17-5-2-1-4-15(14)17)23(36)30-18(8-10-22(34)35)25(38)32-11-3-6-20(32)24(37)31-19(26(39)40)7-9-21(28)33/h1-2,4-5,13,16,18-20,29H,3,6-12,27H2,(H2,28,33)(H,30,36)(H,31,37)(H,34,35)(H,39,40). The molecule has 2 aromatic rings. The molecule has 2 heterocycles. The number of likely N-dealkylation sites (tertiary alicyclic amines) is 1. The van der Waals surface area contributed by atoms with Crippen LogP contribution in [0.15, 0.2) is 30.5 Å². The summed E-state index contributed by atoms with van der Waals surface area (Å²) in [6.07, 6.45) is 1.43. The summed E-state index contributed by atoms with van der Waals surface area (Å²) >= 11 is 0. The molecule has 1 aromatic carbocycles. The van der Waals surface area contributed by atoms with E-state index in [1.54, 1.807) is 6.20 Å². The third kappa shape index (κ3) is 7.79. The number of fused-ring (bicyclic) bond motifs is 1. The predicted molar refractivity (Wildman–Crippen MR) is 142 cm³/mol. The van der Waals surface area contributed by atoms with Crippen molar-refractivity contribution in [2.45, 2.75) is 69.1 Å². The van der Waals surface area contributed by atoms with E-state index in [4.69, 9.17) is 11.5 Å². The van der Waals surface area contributed by atoms with E-state index in [-0.39, 0.29) is 38.6 Å². The summed E-state index contributed by atoms with van der Waals surface area (Å²) < 4.78 is 0. The van der Waals surface area contributed by atoms with Gasteiger partial charge < -0.3 is 42.2 Å². The number of nitrogens with two attached hydrogens (primary N) is 2. The Balaban J connectivity index is 1.70. The maximum absolute atomic E-state index is 13.5. The summed E-state index contributed by atoms with van der Waals surface area (Å²) in [6, 6.07) is 2.74. The maximum Gasteiger partial charge on any atom is 0.326 e. The number of nitrogens with one attached hydrogen (secondary N) is 3. The fraction of sp³-hybridized carbons (Fsp3) is 0.462. The first-order chi connectivity index (χ1) is 19.0. The van der Waals surface area contributed by atoms with Gasteiger partial charge in [0.1, 0.15) is 18.1 Å². The monoisotopic (exact) mass is 558 g/mol. The second-order valence-electron chi connectivity index (χ2n) is 9.76. The number of rotatable bonds is 14. The molecule has 4 atom stereocenters. The summed E-state index contributed by atoms with van der Waals surface area (Å²) in [5.41, 5.74) is 12.9. The molecule has 14 nitrogen and oxygen atoms in total. The Labute approximate surface area is 229 Å². The van der Waals surface area contributed by atoms with Crippen molar-refractivity contribution >= 4 is 46.5 Å². The molecule has 3 rings (SSSR count). The van der Waals surface area contributed by atoms with E-state index in [1.165, 1.54) is 4.90 Å². The highest BCUT2D eigenvalue weighted by Crippen LogP contribution is 2.21. The van der Waals surface area contributed by atoms with Crippen LogP contribution in [-0.2, 0) is 35.2 Å². The summed E-state index contributed by atoms with van der Waals surface area (Å²) in [5, 5.41) is 24.4. The first-order valence-electron chi connectivity index (χ1n) is 12.9. The molecule has 1 aliphatic heterocycles. The fourth-order valence-electron chi connectivity index (χ4n) is 4.75. The number of carboxylic acids is 2. The largest absolute Gasteiger partial charge is 0.481 e. The second kappa shape index (κ2) is 13.6. The summed E-state index contributed by atoms with van der Waals surface area (Å²) in [6.45, 7) is 0.150. The van der Waals surface area contributed by atoms with Gasteiger partial charge in [-0.15, -0.1) is 0 Å². The molecule has 9 N–H and O–H groups in total. The van der Waals surface area contributed by atoms with Crippen molar-refractivity contribution in [2.24, 2.45) is 11.5 Å². The molecule has 1 aliphatic rings. The van der Waals surface area contributed by atoms with Gasteiger partial charge in [0.2, 0.25) is 23.6 Å². The molecule has 0 radical (unpaired) electrons. The molecular weight excluding hydrogens is 524 g/mol. The van der Waals surface area contributed by atoms with Crippen LogP contribution in [0.1, 0.15) is 44.1 Å². The Morgan fingerprint density at radius 1 is 1.02 bits per heavy atom. The minimum atomic E-state index is -1.39. The van der Waals surface area contributed by atoms with Crippen molar-refractivity contribution in [3.63, 3.8) is 0 Å². The average Bonchev–Trinajstić information content (AvgIpc) is 3.55. The summed E-state index contributed by atoms with van der Waals surface area (Å²) in [4.78, 5) is 77.6. The number of aliphatic carboxylic acids is 2. The van der Waals surface area contributed by atoms with Crippen molar-refractivity contribution in [1.29, 1.82) is 0 Å². The van der Waals surface area contributed by atoms with Crippen LogP contribution in [0.4, 0.5) is 0 Å². The van der Waals surface area contributed by atoms with Crippen molar-refractivity contribution in [2.75, 3.05) is 6.54 Å². The van der Waals surface area contributed by atoms with Crippen LogP contribution in [0.3, 0.4) is 0 Å². The lowest BCUT2D eigenvalue weighted by molar-refractivity contribution is -0.145. The Kier molecular flexibility index (Phi) is 10.2. The Bertz CT molecular complexity index is 1280. The highest BCUT2D eigenvalue weighted by Gasteiger charge is 2.39. The molecule has 1 saturated heterocycles. The third-order valence-corrected chi connectivity index (χ3v) is 6.85. The maximum atomic E-state index is 13.5. The Hall–Kier alpha value is -4.46. The van der Waals surface area contributed by atoms with E-state index in [2.05, 4.69) is 15.6 Å². The number of carboxylic acid groups (broad SMARTS) is 2. The van der Waals surface area contributed by atoms with E-state index in [0.717, 1.165) is 16.5 Å². The number of H-pyrrole nitrogens is 1. The number of hydrogen-bond donors (Lipinski definition) is 7. The van der Waals surface area contributed by atoms with E-state index in [9.17, 15) is 39.0 Å². The summed E-state index contributed by atoms with van der Waals surface area (Å²) in [7, 11) is 0. The SMILES string of the molecule is NC(=O)CCC(NC(=O)C1CCCN1C(=O)C(CCC(=O)O)NC(=O)C(N)Cc1c[nH]c2ccccc12)C(=O)O. The predicted octanol–water partition coefficient (Wildman–Crippen LogP) is -0.787. The molecule has 0 aliphatic carbocycles. The number of primary amides is 1. The number of carbonyl (C=O) groups is 6. The van der Waals surface area contributed by atoms with Crippen molar-refractivity contribution < 1.29 is 39.0 Å². The highest BCUT2D eigenvalue weighted by molar-refractivity contribution is 5.95. The molecule has 0 spiro atoms. The Morgan fingerprint density at radius 2 is 1.73 bits per heavy atom. The van der Waals surface area contributed by atoms with Crippen molar-refractivity contribution in [1.82, 2.24) is 20.5 Å². The number of amides is 4. The van der Waals surface area contributed by atoms with Crippen molar-refractivity contribution in [3.8, 4) is 0 Å². The van der Waals surface area contributed by atoms with E-state index in [0.29, 0.717) is 6.42 Å². The fourth-order valence-corrected chi connectivity index (χ4v) is 4.75. The first kappa shape index (κ1) is 30.1. The second-order valence-corrected chi connectivity index (χ2v) is 9.76. The number of aromatic amines is 1.